The average Bonchev–Trinajstić information content (AvgIpc) is 2.59. The lowest BCUT2D eigenvalue weighted by molar-refractivity contribution is -0.140. The lowest BCUT2D eigenvalue weighted by Crippen LogP contribution is -2.37. The molecule has 4 nitrogen and oxygen atoms in total. The van der Waals surface area contributed by atoms with E-state index in [1.54, 1.807) is 6.92 Å². The lowest BCUT2D eigenvalue weighted by atomic mass is 9.88. The molecule has 0 radical (unpaired) electrons. The van der Waals surface area contributed by atoms with Crippen molar-refractivity contribution in [2.24, 2.45) is 11.8 Å². The highest BCUT2D eigenvalue weighted by molar-refractivity contribution is 7.80. The van der Waals surface area contributed by atoms with Crippen LogP contribution in [0.25, 0.3) is 0 Å². The zero-order valence-electron chi connectivity index (χ0n) is 8.06. The SMILES string of the molecule is CCC(=O)C1CN[C@H](C(=O)O)C1CS. The molecular formula is C9H15NO3S. The van der Waals surface area contributed by atoms with E-state index in [-0.39, 0.29) is 17.6 Å². The fraction of sp³-hybridized carbons (Fsp3) is 0.778. The number of nitrogens with one attached hydrogen (secondary N) is 1. The topological polar surface area (TPSA) is 66.4 Å². The van der Waals surface area contributed by atoms with Crippen LogP contribution in [0, 0.1) is 11.8 Å². The fourth-order valence-electron chi connectivity index (χ4n) is 1.91. The summed E-state index contributed by atoms with van der Waals surface area (Å²) >= 11 is 4.11. The van der Waals surface area contributed by atoms with Crippen molar-refractivity contribution in [3.8, 4) is 0 Å². The number of carboxylic acids is 1. The number of rotatable bonds is 4. The molecule has 2 N–H and O–H groups in total. The van der Waals surface area contributed by atoms with Crippen LogP contribution in [0.4, 0.5) is 0 Å². The molecule has 3 atom stereocenters. The number of carbonyl (C=O) groups excluding carboxylic acids is 1. The minimum Gasteiger partial charge on any atom is -0.480 e. The number of hydrogen-bond acceptors (Lipinski definition) is 4. The van der Waals surface area contributed by atoms with Gasteiger partial charge in [0.15, 0.2) is 0 Å². The maximum atomic E-state index is 11.5. The molecule has 2 unspecified atom stereocenters. The predicted molar refractivity (Wildman–Crippen MR) is 55.6 cm³/mol. The van der Waals surface area contributed by atoms with Crippen molar-refractivity contribution in [3.05, 3.63) is 0 Å². The largest absolute Gasteiger partial charge is 0.480 e. The Hall–Kier alpha value is -0.550. The van der Waals surface area contributed by atoms with Crippen molar-refractivity contribution < 1.29 is 14.7 Å². The highest BCUT2D eigenvalue weighted by Gasteiger charge is 2.41. The van der Waals surface area contributed by atoms with Gasteiger partial charge in [0.2, 0.25) is 0 Å². The van der Waals surface area contributed by atoms with Gasteiger partial charge < -0.3 is 10.4 Å². The van der Waals surface area contributed by atoms with Crippen LogP contribution in [-0.4, -0.2) is 35.2 Å². The molecule has 0 aromatic carbocycles. The molecule has 0 bridgehead atoms. The van der Waals surface area contributed by atoms with E-state index in [4.69, 9.17) is 5.11 Å². The second-order valence-electron chi connectivity index (χ2n) is 3.50. The van der Waals surface area contributed by atoms with Gasteiger partial charge in [0.25, 0.3) is 0 Å². The van der Waals surface area contributed by atoms with E-state index in [1.165, 1.54) is 0 Å². The Morgan fingerprint density at radius 1 is 1.57 bits per heavy atom. The third-order valence-electron chi connectivity index (χ3n) is 2.74. The average molecular weight is 217 g/mol. The standard InChI is InChI=1S/C9H15NO3S/c1-2-7(11)5-3-10-8(9(12)13)6(5)4-14/h5-6,8,10,14H,2-4H2,1H3,(H,12,13)/t5?,6?,8-/m0/s1. The first kappa shape index (κ1) is 11.5. The Labute approximate surface area is 88.5 Å². The third kappa shape index (κ3) is 2.09. The summed E-state index contributed by atoms with van der Waals surface area (Å²) in [5.41, 5.74) is 0. The van der Waals surface area contributed by atoms with Gasteiger partial charge in [-0.3, -0.25) is 9.59 Å². The van der Waals surface area contributed by atoms with Crippen molar-refractivity contribution >= 4 is 24.4 Å². The molecule has 1 fully saturated rings. The van der Waals surface area contributed by atoms with E-state index in [2.05, 4.69) is 17.9 Å². The Morgan fingerprint density at radius 3 is 2.64 bits per heavy atom. The van der Waals surface area contributed by atoms with Gasteiger partial charge in [-0.05, 0) is 5.75 Å². The van der Waals surface area contributed by atoms with Crippen LogP contribution in [0.2, 0.25) is 0 Å². The van der Waals surface area contributed by atoms with Gasteiger partial charge in [0.1, 0.15) is 11.8 Å². The van der Waals surface area contributed by atoms with Crippen molar-refractivity contribution in [1.82, 2.24) is 5.32 Å². The zero-order chi connectivity index (χ0) is 10.7. The molecule has 80 valence electrons. The van der Waals surface area contributed by atoms with Crippen molar-refractivity contribution in [2.75, 3.05) is 12.3 Å². The van der Waals surface area contributed by atoms with Gasteiger partial charge in [-0.1, -0.05) is 6.92 Å². The zero-order valence-corrected chi connectivity index (χ0v) is 8.96. The molecule has 0 aliphatic carbocycles. The van der Waals surface area contributed by atoms with Crippen LogP contribution in [-0.2, 0) is 9.59 Å². The highest BCUT2D eigenvalue weighted by Crippen LogP contribution is 2.25. The van der Waals surface area contributed by atoms with Crippen LogP contribution in [0.5, 0.6) is 0 Å². The molecule has 1 aliphatic heterocycles. The van der Waals surface area contributed by atoms with E-state index < -0.39 is 12.0 Å². The van der Waals surface area contributed by atoms with Gasteiger partial charge in [-0.25, -0.2) is 0 Å². The summed E-state index contributed by atoms with van der Waals surface area (Å²) in [5, 5.41) is 11.7. The van der Waals surface area contributed by atoms with E-state index in [0.29, 0.717) is 18.7 Å². The number of thiol groups is 1. The number of Topliss-reactive ketones (excluding diaryl/α,β-unsaturated/α-hetero) is 1. The summed E-state index contributed by atoms with van der Waals surface area (Å²) in [6.45, 7) is 2.26. The minimum atomic E-state index is -0.893. The van der Waals surface area contributed by atoms with E-state index in [0.717, 1.165) is 0 Å². The van der Waals surface area contributed by atoms with E-state index >= 15 is 0 Å². The summed E-state index contributed by atoms with van der Waals surface area (Å²) in [5.74, 6) is -0.696. The molecule has 0 amide bonds. The van der Waals surface area contributed by atoms with Crippen LogP contribution < -0.4 is 5.32 Å². The van der Waals surface area contributed by atoms with E-state index in [9.17, 15) is 9.59 Å². The maximum absolute atomic E-state index is 11.5. The van der Waals surface area contributed by atoms with Crippen molar-refractivity contribution in [1.29, 1.82) is 0 Å². The summed E-state index contributed by atoms with van der Waals surface area (Å²) in [6.07, 6.45) is 0.461. The van der Waals surface area contributed by atoms with Gasteiger partial charge >= 0.3 is 5.97 Å². The smallest absolute Gasteiger partial charge is 0.321 e. The number of ketones is 1. The second kappa shape index (κ2) is 4.79. The monoisotopic (exact) mass is 217 g/mol. The molecule has 5 heteroatoms. The van der Waals surface area contributed by atoms with Gasteiger partial charge in [0, 0.05) is 24.8 Å². The summed E-state index contributed by atoms with van der Waals surface area (Å²) < 4.78 is 0. The summed E-state index contributed by atoms with van der Waals surface area (Å²) in [4.78, 5) is 22.3. The Morgan fingerprint density at radius 2 is 2.21 bits per heavy atom. The van der Waals surface area contributed by atoms with Crippen LogP contribution in [0.15, 0.2) is 0 Å². The second-order valence-corrected chi connectivity index (χ2v) is 3.86. The Balaban J connectivity index is 2.73. The first-order chi connectivity index (χ1) is 6.61. The Bertz CT molecular complexity index is 244. The lowest BCUT2D eigenvalue weighted by Gasteiger charge is -2.17. The molecule has 14 heavy (non-hydrogen) atoms. The molecular weight excluding hydrogens is 202 g/mol. The molecule has 1 heterocycles. The maximum Gasteiger partial charge on any atom is 0.321 e. The van der Waals surface area contributed by atoms with Crippen LogP contribution >= 0.6 is 12.6 Å². The molecule has 0 saturated carbocycles. The Kier molecular flexibility index (Phi) is 3.95. The third-order valence-corrected chi connectivity index (χ3v) is 3.16. The molecule has 0 spiro atoms. The van der Waals surface area contributed by atoms with Gasteiger partial charge in [-0.15, -0.1) is 0 Å². The number of aliphatic carboxylic acids is 1. The first-order valence-corrected chi connectivity index (χ1v) is 5.34. The summed E-state index contributed by atoms with van der Waals surface area (Å²) in [6, 6.07) is -0.618. The van der Waals surface area contributed by atoms with Gasteiger partial charge in [-0.2, -0.15) is 12.6 Å². The number of hydrogen-bond donors (Lipinski definition) is 3. The number of carbonyl (C=O) groups is 2. The normalized spacial score (nSPS) is 31.7. The minimum absolute atomic E-state index is 0.125. The molecule has 0 aromatic rings. The van der Waals surface area contributed by atoms with Crippen LogP contribution in [0.1, 0.15) is 13.3 Å². The first-order valence-electron chi connectivity index (χ1n) is 4.71. The fourth-order valence-corrected chi connectivity index (χ4v) is 2.37. The highest BCUT2D eigenvalue weighted by atomic mass is 32.1. The number of carboxylic acid groups (broad SMARTS) is 1. The van der Waals surface area contributed by atoms with Crippen molar-refractivity contribution in [3.63, 3.8) is 0 Å². The molecule has 1 rings (SSSR count). The molecule has 1 saturated heterocycles. The van der Waals surface area contributed by atoms with E-state index in [1.807, 2.05) is 0 Å². The van der Waals surface area contributed by atoms with Crippen LogP contribution in [0.3, 0.4) is 0 Å². The van der Waals surface area contributed by atoms with Crippen molar-refractivity contribution in [2.45, 2.75) is 19.4 Å². The summed E-state index contributed by atoms with van der Waals surface area (Å²) in [7, 11) is 0. The molecule has 1 aliphatic rings. The quantitative estimate of drug-likeness (QED) is 0.588. The molecule has 0 aromatic heterocycles. The van der Waals surface area contributed by atoms with Gasteiger partial charge in [0.05, 0.1) is 0 Å². The predicted octanol–water partition coefficient (Wildman–Crippen LogP) is 0.184.